The second-order valence-corrected chi connectivity index (χ2v) is 4.92. The predicted octanol–water partition coefficient (Wildman–Crippen LogP) is -0.778. The van der Waals surface area contributed by atoms with Gasteiger partial charge in [-0.2, -0.15) is 0 Å². The van der Waals surface area contributed by atoms with Crippen LogP contribution in [0.2, 0.25) is 0 Å². The van der Waals surface area contributed by atoms with E-state index in [9.17, 15) is 14.4 Å². The molecule has 2 N–H and O–H groups in total. The fraction of sp³-hybridized carbons (Fsp3) is 0.727. The van der Waals surface area contributed by atoms with Crippen molar-refractivity contribution in [3.05, 3.63) is 0 Å². The van der Waals surface area contributed by atoms with Crippen LogP contribution in [0.1, 0.15) is 20.3 Å². The van der Waals surface area contributed by atoms with Gasteiger partial charge in [-0.15, -0.1) is 0 Å². The van der Waals surface area contributed by atoms with E-state index in [0.29, 0.717) is 13.0 Å². The molecule has 1 atom stereocenters. The molecule has 2 heterocycles. The van der Waals surface area contributed by atoms with Crippen molar-refractivity contribution in [3.8, 4) is 0 Å². The highest BCUT2D eigenvalue weighted by atomic mass is 16.5. The lowest BCUT2D eigenvalue weighted by Gasteiger charge is -2.21. The molecule has 7 heteroatoms. The van der Waals surface area contributed by atoms with E-state index in [1.165, 1.54) is 0 Å². The lowest BCUT2D eigenvalue weighted by Crippen LogP contribution is -2.50. The number of rotatable bonds is 3. The van der Waals surface area contributed by atoms with E-state index >= 15 is 0 Å². The number of carbonyl (C=O) groups is 3. The van der Waals surface area contributed by atoms with Gasteiger partial charge in [-0.3, -0.25) is 14.9 Å². The minimum absolute atomic E-state index is 0.00329. The quantitative estimate of drug-likeness (QED) is 0.648. The van der Waals surface area contributed by atoms with Crippen LogP contribution in [0.3, 0.4) is 0 Å². The number of nitrogens with one attached hydrogen (secondary N) is 2. The van der Waals surface area contributed by atoms with Crippen molar-refractivity contribution in [2.24, 2.45) is 0 Å². The zero-order valence-electron chi connectivity index (χ0n) is 10.5. The summed E-state index contributed by atoms with van der Waals surface area (Å²) in [5.41, 5.74) is -0.940. The van der Waals surface area contributed by atoms with Gasteiger partial charge in [0, 0.05) is 6.54 Å². The zero-order chi connectivity index (χ0) is 13.3. The highest BCUT2D eigenvalue weighted by Gasteiger charge is 2.51. The van der Waals surface area contributed by atoms with E-state index in [-0.39, 0.29) is 31.1 Å². The first-order chi connectivity index (χ1) is 8.43. The first kappa shape index (κ1) is 12.8. The third kappa shape index (κ3) is 2.31. The van der Waals surface area contributed by atoms with Gasteiger partial charge in [0.25, 0.3) is 5.91 Å². The van der Waals surface area contributed by atoms with E-state index in [1.807, 2.05) is 13.8 Å². The first-order valence-electron chi connectivity index (χ1n) is 5.96. The molecule has 0 saturated carbocycles. The fourth-order valence-electron chi connectivity index (χ4n) is 2.17. The summed E-state index contributed by atoms with van der Waals surface area (Å²) < 4.78 is 5.24. The topological polar surface area (TPSA) is 87.7 Å². The molecule has 0 aromatic heterocycles. The molecule has 0 radical (unpaired) electrons. The van der Waals surface area contributed by atoms with E-state index < -0.39 is 11.6 Å². The number of nitrogens with zero attached hydrogens (tertiary/aromatic N) is 1. The van der Waals surface area contributed by atoms with Crippen LogP contribution in [0.4, 0.5) is 4.79 Å². The lowest BCUT2D eigenvalue weighted by molar-refractivity contribution is -0.137. The van der Waals surface area contributed by atoms with Gasteiger partial charge >= 0.3 is 6.03 Å². The van der Waals surface area contributed by atoms with Crippen LogP contribution in [0.15, 0.2) is 0 Å². The maximum absolute atomic E-state index is 11.8. The highest BCUT2D eigenvalue weighted by molar-refractivity contribution is 6.07. The van der Waals surface area contributed by atoms with Crippen molar-refractivity contribution in [1.82, 2.24) is 15.5 Å². The second-order valence-electron chi connectivity index (χ2n) is 4.92. The zero-order valence-corrected chi connectivity index (χ0v) is 10.5. The summed E-state index contributed by atoms with van der Waals surface area (Å²) in [6.07, 6.45) is 0.429. The predicted molar refractivity (Wildman–Crippen MR) is 61.7 cm³/mol. The number of urea groups is 1. The van der Waals surface area contributed by atoms with Gasteiger partial charge in [-0.1, -0.05) is 0 Å². The van der Waals surface area contributed by atoms with Crippen molar-refractivity contribution < 1.29 is 19.1 Å². The monoisotopic (exact) mass is 255 g/mol. The van der Waals surface area contributed by atoms with Gasteiger partial charge < -0.3 is 15.0 Å². The largest absolute Gasteiger partial charge is 0.369 e. The fourth-order valence-corrected chi connectivity index (χ4v) is 2.17. The Morgan fingerprint density at radius 1 is 1.50 bits per heavy atom. The number of hydrogen-bond acceptors (Lipinski definition) is 4. The molecule has 0 aliphatic carbocycles. The molecule has 1 unspecified atom stereocenters. The van der Waals surface area contributed by atoms with Crippen LogP contribution < -0.4 is 10.6 Å². The Bertz CT molecular complexity index is 396. The molecular formula is C11H17N3O4. The Hall–Kier alpha value is -1.63. The van der Waals surface area contributed by atoms with Crippen molar-refractivity contribution in [3.63, 3.8) is 0 Å². The van der Waals surface area contributed by atoms with Crippen LogP contribution in [-0.2, 0) is 14.3 Å². The van der Waals surface area contributed by atoms with Gasteiger partial charge in [0.05, 0.1) is 12.6 Å². The molecule has 100 valence electrons. The summed E-state index contributed by atoms with van der Waals surface area (Å²) in [5, 5.41) is 4.80. The molecule has 2 aliphatic heterocycles. The van der Waals surface area contributed by atoms with Crippen molar-refractivity contribution in [2.45, 2.75) is 31.9 Å². The Kier molecular flexibility index (Phi) is 3.25. The van der Waals surface area contributed by atoms with Gasteiger partial charge in [-0.05, 0) is 20.3 Å². The van der Waals surface area contributed by atoms with E-state index in [4.69, 9.17) is 4.74 Å². The van der Waals surface area contributed by atoms with E-state index in [2.05, 4.69) is 10.6 Å². The van der Waals surface area contributed by atoms with E-state index in [1.54, 1.807) is 4.90 Å². The maximum atomic E-state index is 11.8. The summed E-state index contributed by atoms with van der Waals surface area (Å²) >= 11 is 0. The Balaban J connectivity index is 1.94. The smallest absolute Gasteiger partial charge is 0.322 e. The molecule has 0 aromatic carbocycles. The molecule has 4 amide bonds. The lowest BCUT2D eigenvalue weighted by atomic mass is 10.00. The molecule has 1 spiro atoms. The number of ether oxygens (including phenoxy) is 1. The molecule has 2 rings (SSSR count). The average Bonchev–Trinajstić information content (AvgIpc) is 2.81. The molecule has 2 saturated heterocycles. The van der Waals surface area contributed by atoms with Crippen LogP contribution in [0.25, 0.3) is 0 Å². The third-order valence-electron chi connectivity index (χ3n) is 3.18. The van der Waals surface area contributed by atoms with Crippen LogP contribution in [0, 0.1) is 0 Å². The summed E-state index contributed by atoms with van der Waals surface area (Å²) in [4.78, 5) is 36.2. The molecule has 18 heavy (non-hydrogen) atoms. The molecule has 7 nitrogen and oxygen atoms in total. The summed E-state index contributed by atoms with van der Waals surface area (Å²) in [5.74, 6) is -0.512. The highest BCUT2D eigenvalue weighted by Crippen LogP contribution is 2.24. The first-order valence-corrected chi connectivity index (χ1v) is 5.96. The molecule has 0 bridgehead atoms. The molecule has 0 aromatic rings. The second kappa shape index (κ2) is 4.56. The SMILES string of the molecule is CC(C)OCC(=O)N1CCC2(C1)NC(=O)NC2=O. The average molecular weight is 255 g/mol. The van der Waals surface area contributed by atoms with Crippen LogP contribution in [-0.4, -0.2) is 54.1 Å². The van der Waals surface area contributed by atoms with E-state index in [0.717, 1.165) is 0 Å². The minimum atomic E-state index is -0.940. The Labute approximate surface area is 105 Å². The number of likely N-dealkylation sites (tertiary alicyclic amines) is 1. The third-order valence-corrected chi connectivity index (χ3v) is 3.18. The summed E-state index contributed by atoms with van der Waals surface area (Å²) in [7, 11) is 0. The normalized spacial score (nSPS) is 26.9. The van der Waals surface area contributed by atoms with Crippen LogP contribution >= 0.6 is 0 Å². The number of imide groups is 1. The standard InChI is InChI=1S/C11H17N3O4/c1-7(2)18-5-8(15)14-4-3-11(6-14)9(16)12-10(17)13-11/h7H,3-6H2,1-2H3,(H2,12,13,16,17). The summed E-state index contributed by atoms with van der Waals surface area (Å²) in [6.45, 7) is 4.37. The number of carbonyl (C=O) groups excluding carboxylic acids is 3. The molecule has 2 fully saturated rings. The minimum Gasteiger partial charge on any atom is -0.369 e. The van der Waals surface area contributed by atoms with Crippen molar-refractivity contribution >= 4 is 17.8 Å². The molecule has 2 aliphatic rings. The van der Waals surface area contributed by atoms with Gasteiger partial charge in [0.1, 0.15) is 12.1 Å². The Morgan fingerprint density at radius 2 is 2.22 bits per heavy atom. The van der Waals surface area contributed by atoms with Gasteiger partial charge in [0.15, 0.2) is 0 Å². The van der Waals surface area contributed by atoms with Crippen molar-refractivity contribution in [2.75, 3.05) is 19.7 Å². The van der Waals surface area contributed by atoms with Crippen molar-refractivity contribution in [1.29, 1.82) is 0 Å². The summed E-state index contributed by atoms with van der Waals surface area (Å²) in [6, 6.07) is -0.493. The maximum Gasteiger partial charge on any atom is 0.322 e. The number of amides is 4. The van der Waals surface area contributed by atoms with Gasteiger partial charge in [0.2, 0.25) is 5.91 Å². The number of hydrogen-bond donors (Lipinski definition) is 2. The Morgan fingerprint density at radius 3 is 2.78 bits per heavy atom. The van der Waals surface area contributed by atoms with Crippen LogP contribution in [0.5, 0.6) is 0 Å². The molecular weight excluding hydrogens is 238 g/mol. The van der Waals surface area contributed by atoms with Gasteiger partial charge in [-0.25, -0.2) is 4.79 Å².